The lowest BCUT2D eigenvalue weighted by Gasteiger charge is -2.18. The van der Waals surface area contributed by atoms with E-state index in [4.69, 9.17) is 9.52 Å². The molecule has 24 heavy (non-hydrogen) atoms. The first-order chi connectivity index (χ1) is 11.3. The number of halogens is 3. The van der Waals surface area contributed by atoms with E-state index in [-0.39, 0.29) is 0 Å². The van der Waals surface area contributed by atoms with E-state index in [1.165, 1.54) is 6.26 Å². The van der Waals surface area contributed by atoms with Crippen molar-refractivity contribution in [3.63, 3.8) is 0 Å². The molecule has 2 amide bonds. The van der Waals surface area contributed by atoms with Gasteiger partial charge in [0.2, 0.25) is 0 Å². The number of alkyl halides is 3. The van der Waals surface area contributed by atoms with Crippen molar-refractivity contribution in [3.05, 3.63) is 30.5 Å². The number of benzene rings is 1. The average molecular weight is 342 g/mol. The number of carbonyl (C=O) groups is 2. The summed E-state index contributed by atoms with van der Waals surface area (Å²) in [5.41, 5.74) is 0.871. The zero-order chi connectivity index (χ0) is 17.5. The summed E-state index contributed by atoms with van der Waals surface area (Å²) in [5.74, 6) is -5.30. The van der Waals surface area contributed by atoms with E-state index in [0.717, 1.165) is 10.3 Å². The summed E-state index contributed by atoms with van der Waals surface area (Å²) in [7, 11) is 0. The largest absolute Gasteiger partial charge is 0.481 e. The van der Waals surface area contributed by atoms with E-state index in [1.807, 2.05) is 0 Å². The summed E-state index contributed by atoms with van der Waals surface area (Å²) in [6, 6.07) is 5.77. The molecular weight excluding hydrogens is 329 g/mol. The Bertz CT molecular complexity index is 786. The van der Waals surface area contributed by atoms with Crippen molar-refractivity contribution < 1.29 is 32.3 Å². The Balaban J connectivity index is 1.74. The van der Waals surface area contributed by atoms with Crippen LogP contribution in [0.3, 0.4) is 0 Å². The molecule has 2 N–H and O–H groups in total. The number of aliphatic carboxylic acids is 1. The van der Waals surface area contributed by atoms with Gasteiger partial charge in [-0.05, 0) is 18.2 Å². The molecule has 0 unspecified atom stereocenters. The zero-order valence-corrected chi connectivity index (χ0v) is 12.2. The van der Waals surface area contributed by atoms with Crippen LogP contribution in [-0.4, -0.2) is 41.3 Å². The van der Waals surface area contributed by atoms with Crippen LogP contribution in [0.25, 0.3) is 11.0 Å². The lowest BCUT2D eigenvalue weighted by atomic mass is 9.96. The molecule has 2 aromatic rings. The van der Waals surface area contributed by atoms with Crippen molar-refractivity contribution >= 4 is 28.7 Å². The minimum Gasteiger partial charge on any atom is -0.481 e. The molecule has 2 atom stereocenters. The average Bonchev–Trinajstić information content (AvgIpc) is 3.13. The lowest BCUT2D eigenvalue weighted by Crippen LogP contribution is -2.35. The summed E-state index contributed by atoms with van der Waals surface area (Å²) in [6.07, 6.45) is -3.20. The van der Waals surface area contributed by atoms with Gasteiger partial charge in [0.05, 0.1) is 18.1 Å². The number of urea groups is 1. The normalized spacial score (nSPS) is 21.2. The van der Waals surface area contributed by atoms with Gasteiger partial charge in [-0.3, -0.25) is 4.79 Å². The first-order valence-corrected chi connectivity index (χ1v) is 7.08. The van der Waals surface area contributed by atoms with Crippen LogP contribution in [0.4, 0.5) is 23.7 Å². The molecule has 0 spiro atoms. The monoisotopic (exact) mass is 342 g/mol. The van der Waals surface area contributed by atoms with Crippen LogP contribution >= 0.6 is 0 Å². The number of furan rings is 1. The number of amides is 2. The van der Waals surface area contributed by atoms with Crippen molar-refractivity contribution in [2.24, 2.45) is 11.8 Å². The maximum Gasteiger partial charge on any atom is 0.394 e. The number of hydrogen-bond acceptors (Lipinski definition) is 3. The first kappa shape index (κ1) is 16.2. The maximum absolute atomic E-state index is 12.9. The van der Waals surface area contributed by atoms with Crippen molar-refractivity contribution in [1.82, 2.24) is 4.90 Å². The van der Waals surface area contributed by atoms with Gasteiger partial charge < -0.3 is 19.7 Å². The van der Waals surface area contributed by atoms with Crippen LogP contribution in [0.2, 0.25) is 0 Å². The molecule has 9 heteroatoms. The van der Waals surface area contributed by atoms with Gasteiger partial charge in [-0.25, -0.2) is 4.79 Å². The lowest BCUT2D eigenvalue weighted by molar-refractivity contribution is -0.187. The zero-order valence-electron chi connectivity index (χ0n) is 12.2. The second-order valence-corrected chi connectivity index (χ2v) is 5.60. The molecule has 0 aliphatic carbocycles. The molecule has 6 nitrogen and oxygen atoms in total. The summed E-state index contributed by atoms with van der Waals surface area (Å²) < 4.78 is 44.0. The first-order valence-electron chi connectivity index (χ1n) is 7.08. The van der Waals surface area contributed by atoms with Crippen LogP contribution < -0.4 is 5.32 Å². The molecule has 1 aliphatic rings. The predicted molar refractivity (Wildman–Crippen MR) is 77.5 cm³/mol. The Morgan fingerprint density at radius 1 is 1.25 bits per heavy atom. The topological polar surface area (TPSA) is 82.8 Å². The Labute approximate surface area is 133 Å². The van der Waals surface area contributed by atoms with Crippen molar-refractivity contribution in [3.8, 4) is 0 Å². The molecule has 0 saturated carbocycles. The van der Waals surface area contributed by atoms with Crippen molar-refractivity contribution in [1.29, 1.82) is 0 Å². The SMILES string of the molecule is O=C(O)[C@@H]1CN(C(=O)Nc2ccc3ccoc3c2)C[C@H]1C(F)(F)F. The molecular formula is C15H13F3N2O4. The van der Waals surface area contributed by atoms with Crippen LogP contribution in [0, 0.1) is 11.8 Å². The van der Waals surface area contributed by atoms with Gasteiger partial charge in [0.15, 0.2) is 0 Å². The second kappa shape index (κ2) is 5.73. The minimum absolute atomic E-state index is 0.352. The van der Waals surface area contributed by atoms with E-state index < -0.39 is 43.1 Å². The number of rotatable bonds is 2. The smallest absolute Gasteiger partial charge is 0.394 e. The quantitative estimate of drug-likeness (QED) is 0.878. The maximum atomic E-state index is 12.9. The number of carboxylic acid groups (broad SMARTS) is 1. The molecule has 1 aliphatic heterocycles. The standard InChI is InChI=1S/C15H13F3N2O4/c16-15(17,18)11-7-20(6-10(11)13(21)22)14(23)19-9-2-1-8-3-4-24-12(8)5-9/h1-5,10-11H,6-7H2,(H,19,23)(H,21,22)/t10-,11-/m1/s1. The fourth-order valence-electron chi connectivity index (χ4n) is 2.79. The second-order valence-electron chi connectivity index (χ2n) is 5.60. The Hall–Kier alpha value is -2.71. The molecule has 128 valence electrons. The molecule has 3 rings (SSSR count). The van der Waals surface area contributed by atoms with Crippen LogP contribution in [-0.2, 0) is 4.79 Å². The molecule has 1 fully saturated rings. The van der Waals surface area contributed by atoms with Crippen molar-refractivity contribution in [2.45, 2.75) is 6.18 Å². The molecule has 1 saturated heterocycles. The summed E-state index contributed by atoms with van der Waals surface area (Å²) >= 11 is 0. The summed E-state index contributed by atoms with van der Waals surface area (Å²) in [6.45, 7) is -1.18. The number of anilines is 1. The van der Waals surface area contributed by atoms with Crippen LogP contribution in [0.5, 0.6) is 0 Å². The number of likely N-dealkylation sites (tertiary alicyclic amines) is 1. The highest BCUT2D eigenvalue weighted by Crippen LogP contribution is 2.38. The van der Waals surface area contributed by atoms with Gasteiger partial charge in [-0.15, -0.1) is 0 Å². The minimum atomic E-state index is -4.68. The Morgan fingerprint density at radius 2 is 2.00 bits per heavy atom. The fourth-order valence-corrected chi connectivity index (χ4v) is 2.79. The summed E-state index contributed by atoms with van der Waals surface area (Å²) in [5, 5.41) is 12.2. The van der Waals surface area contributed by atoms with Gasteiger partial charge in [-0.2, -0.15) is 13.2 Å². The van der Waals surface area contributed by atoms with Gasteiger partial charge in [0.25, 0.3) is 0 Å². The molecule has 1 aromatic carbocycles. The highest BCUT2D eigenvalue weighted by atomic mass is 19.4. The van der Waals surface area contributed by atoms with E-state index >= 15 is 0 Å². The highest BCUT2D eigenvalue weighted by molar-refractivity contribution is 5.92. The van der Waals surface area contributed by atoms with Gasteiger partial charge >= 0.3 is 18.2 Å². The number of fused-ring (bicyclic) bond motifs is 1. The van der Waals surface area contributed by atoms with Gasteiger partial charge in [0.1, 0.15) is 5.58 Å². The van der Waals surface area contributed by atoms with E-state index in [9.17, 15) is 22.8 Å². The van der Waals surface area contributed by atoms with E-state index in [0.29, 0.717) is 11.3 Å². The van der Waals surface area contributed by atoms with E-state index in [2.05, 4.69) is 5.32 Å². The number of carbonyl (C=O) groups excluding carboxylic acids is 1. The number of hydrogen-bond donors (Lipinski definition) is 2. The van der Waals surface area contributed by atoms with Gasteiger partial charge in [-0.1, -0.05) is 0 Å². The molecule has 0 bridgehead atoms. The van der Waals surface area contributed by atoms with E-state index in [1.54, 1.807) is 24.3 Å². The van der Waals surface area contributed by atoms with Crippen LogP contribution in [0.15, 0.2) is 34.9 Å². The molecule has 1 aromatic heterocycles. The van der Waals surface area contributed by atoms with Crippen LogP contribution in [0.1, 0.15) is 0 Å². The highest BCUT2D eigenvalue weighted by Gasteiger charge is 2.53. The molecule has 2 heterocycles. The number of carboxylic acids is 1. The third-order valence-corrected chi connectivity index (χ3v) is 4.05. The predicted octanol–water partition coefficient (Wildman–Crippen LogP) is 3.16. The number of nitrogens with zero attached hydrogens (tertiary/aromatic N) is 1. The Morgan fingerprint density at radius 3 is 2.62 bits per heavy atom. The third-order valence-electron chi connectivity index (χ3n) is 4.05. The summed E-state index contributed by atoms with van der Waals surface area (Å²) in [4.78, 5) is 24.0. The van der Waals surface area contributed by atoms with Gasteiger partial charge in [0, 0.05) is 30.2 Å². The Kier molecular flexibility index (Phi) is 3.86. The van der Waals surface area contributed by atoms with Crippen molar-refractivity contribution in [2.75, 3.05) is 18.4 Å². The molecule has 0 radical (unpaired) electrons. The number of nitrogens with one attached hydrogen (secondary N) is 1. The third kappa shape index (κ3) is 3.01. The fraction of sp³-hybridized carbons (Fsp3) is 0.333.